The fourth-order valence-corrected chi connectivity index (χ4v) is 3.10. The molecule has 2 aromatic carbocycles. The van der Waals surface area contributed by atoms with Crippen LogP contribution in [-0.2, 0) is 39.5 Å². The smallest absolute Gasteiger partial charge is 0.294 e. The number of hydrogen-bond donors (Lipinski definition) is 5. The molecule has 0 bridgehead atoms. The van der Waals surface area contributed by atoms with E-state index in [0.29, 0.717) is 0 Å². The maximum Gasteiger partial charge on any atom is 0.294 e. The van der Waals surface area contributed by atoms with Gasteiger partial charge in [-0.3, -0.25) is 19.6 Å². The Morgan fingerprint density at radius 3 is 1.42 bits per heavy atom. The number of ether oxygens (including phenoxy) is 2. The van der Waals surface area contributed by atoms with Gasteiger partial charge in [0.2, 0.25) is 0 Å². The van der Waals surface area contributed by atoms with Gasteiger partial charge in [0, 0.05) is 0 Å². The lowest BCUT2D eigenvalue weighted by molar-refractivity contribution is -0.255. The average molecular weight is 557 g/mol. The SMILES string of the molecule is Cc1ccc(S(=O)(=O)O)cc1.Cc1ccc(S(=O)(=O)O)cc1.OCC(COCCOO)OCCOO. The lowest BCUT2D eigenvalue weighted by Gasteiger charge is -2.14. The Balaban J connectivity index is 0.000000515. The molecule has 0 saturated heterocycles. The molecule has 0 saturated carbocycles. The second-order valence-electron chi connectivity index (χ2n) is 6.99. The van der Waals surface area contributed by atoms with Crippen molar-refractivity contribution < 1.29 is 60.8 Å². The van der Waals surface area contributed by atoms with Crippen molar-refractivity contribution in [1.29, 1.82) is 0 Å². The van der Waals surface area contributed by atoms with Gasteiger partial charge in [-0.2, -0.15) is 16.8 Å². The standard InChI is InChI=1S/C7H16O7.2C7H8O3S/c8-5-7(12-2-4-14-10)6-11-1-3-13-9;2*1-6-2-4-7(5-3-6)11(8,9)10/h7-10H,1-6H2;2*2-5H,1H3,(H,8,9,10). The van der Waals surface area contributed by atoms with Gasteiger partial charge in [0.1, 0.15) is 19.3 Å². The van der Waals surface area contributed by atoms with Crippen molar-refractivity contribution in [2.24, 2.45) is 0 Å². The molecule has 206 valence electrons. The second kappa shape index (κ2) is 18.3. The molecule has 0 aromatic heterocycles. The summed E-state index contributed by atoms with van der Waals surface area (Å²) in [5, 5.41) is 24.7. The zero-order valence-corrected chi connectivity index (χ0v) is 21.4. The summed E-state index contributed by atoms with van der Waals surface area (Å²) in [5.41, 5.74) is 1.91. The molecule has 13 nitrogen and oxygen atoms in total. The highest BCUT2D eigenvalue weighted by Gasteiger charge is 2.08. The number of aryl methyl sites for hydroxylation is 2. The summed E-state index contributed by atoms with van der Waals surface area (Å²) in [6.07, 6.45) is -0.469. The van der Waals surface area contributed by atoms with E-state index in [9.17, 15) is 16.8 Å². The van der Waals surface area contributed by atoms with Crippen LogP contribution in [-0.4, -0.2) is 87.3 Å². The first-order valence-corrected chi connectivity index (χ1v) is 13.1. The minimum atomic E-state index is -4.02. The number of aliphatic hydroxyl groups is 1. The molecule has 2 rings (SSSR count). The Kier molecular flexibility index (Phi) is 17.2. The summed E-state index contributed by atoms with van der Waals surface area (Å²) in [4.78, 5) is 7.42. The minimum Gasteiger partial charge on any atom is -0.394 e. The van der Waals surface area contributed by atoms with Crippen molar-refractivity contribution >= 4 is 20.2 Å². The normalized spacial score (nSPS) is 12.1. The Labute approximate surface area is 210 Å². The van der Waals surface area contributed by atoms with E-state index in [-0.39, 0.29) is 49.4 Å². The van der Waals surface area contributed by atoms with E-state index in [0.717, 1.165) is 11.1 Å². The van der Waals surface area contributed by atoms with Gasteiger partial charge in [-0.1, -0.05) is 35.4 Å². The Morgan fingerprint density at radius 1 is 0.694 bits per heavy atom. The van der Waals surface area contributed by atoms with E-state index in [1.54, 1.807) is 24.3 Å². The molecule has 0 aliphatic carbocycles. The molecular formula is C21H32O13S2. The van der Waals surface area contributed by atoms with E-state index in [4.69, 9.17) is 34.2 Å². The molecule has 0 amide bonds. The van der Waals surface area contributed by atoms with Crippen molar-refractivity contribution in [1.82, 2.24) is 0 Å². The van der Waals surface area contributed by atoms with Gasteiger partial charge in [0.15, 0.2) is 0 Å². The number of hydrogen-bond acceptors (Lipinski definition) is 11. The molecule has 5 N–H and O–H groups in total. The van der Waals surface area contributed by atoms with E-state index in [1.165, 1.54) is 24.3 Å². The van der Waals surface area contributed by atoms with Crippen LogP contribution in [0.1, 0.15) is 11.1 Å². The predicted molar refractivity (Wildman–Crippen MR) is 127 cm³/mol. The fraction of sp³-hybridized carbons (Fsp3) is 0.429. The van der Waals surface area contributed by atoms with Gasteiger partial charge in [-0.05, 0) is 38.1 Å². The number of rotatable bonds is 12. The minimum absolute atomic E-state index is 0.0379. The molecular weight excluding hydrogens is 524 g/mol. The van der Waals surface area contributed by atoms with Gasteiger partial charge >= 0.3 is 0 Å². The van der Waals surface area contributed by atoms with Crippen molar-refractivity contribution in [3.63, 3.8) is 0 Å². The predicted octanol–water partition coefficient (Wildman–Crippen LogP) is 1.84. The first-order chi connectivity index (χ1) is 16.8. The largest absolute Gasteiger partial charge is 0.394 e. The van der Waals surface area contributed by atoms with Crippen LogP contribution in [0.25, 0.3) is 0 Å². The summed E-state index contributed by atoms with van der Waals surface area (Å²) in [6, 6.07) is 12.0. The summed E-state index contributed by atoms with van der Waals surface area (Å²) in [7, 11) is -8.04. The van der Waals surface area contributed by atoms with Crippen molar-refractivity contribution in [3.8, 4) is 0 Å². The fourth-order valence-electron chi connectivity index (χ4n) is 2.14. The molecule has 1 atom stereocenters. The lowest BCUT2D eigenvalue weighted by Crippen LogP contribution is -2.26. The topological polar surface area (TPSA) is 206 Å². The molecule has 2 aromatic rings. The highest BCUT2D eigenvalue weighted by atomic mass is 32.2. The summed E-state index contributed by atoms with van der Waals surface area (Å²) < 4.78 is 69.1. The summed E-state index contributed by atoms with van der Waals surface area (Å²) in [6.45, 7) is 4.17. The van der Waals surface area contributed by atoms with Gasteiger partial charge in [0.05, 0.1) is 36.2 Å². The van der Waals surface area contributed by atoms with Crippen LogP contribution in [0.3, 0.4) is 0 Å². The lowest BCUT2D eigenvalue weighted by atomic mass is 10.2. The van der Waals surface area contributed by atoms with Crippen LogP contribution in [0.2, 0.25) is 0 Å². The third-order valence-corrected chi connectivity index (χ3v) is 5.73. The number of aliphatic hydroxyl groups excluding tert-OH is 1. The average Bonchev–Trinajstić information content (AvgIpc) is 2.81. The molecule has 0 fully saturated rings. The summed E-state index contributed by atoms with van der Waals surface area (Å²) in [5.74, 6) is 0. The van der Waals surface area contributed by atoms with Crippen LogP contribution >= 0.6 is 0 Å². The second-order valence-corrected chi connectivity index (χ2v) is 9.84. The zero-order chi connectivity index (χ0) is 27.6. The third kappa shape index (κ3) is 16.6. The Morgan fingerprint density at radius 2 is 1.08 bits per heavy atom. The molecule has 0 spiro atoms. The van der Waals surface area contributed by atoms with Crippen LogP contribution in [0.5, 0.6) is 0 Å². The van der Waals surface area contributed by atoms with Crippen LogP contribution < -0.4 is 0 Å². The van der Waals surface area contributed by atoms with Gasteiger partial charge in [0.25, 0.3) is 20.2 Å². The molecule has 1 unspecified atom stereocenters. The molecule has 36 heavy (non-hydrogen) atoms. The molecule has 15 heteroatoms. The van der Waals surface area contributed by atoms with E-state index < -0.39 is 26.3 Å². The van der Waals surface area contributed by atoms with Gasteiger partial charge < -0.3 is 14.6 Å². The van der Waals surface area contributed by atoms with Gasteiger partial charge in [-0.15, -0.1) is 0 Å². The maximum absolute atomic E-state index is 10.5. The third-order valence-electron chi connectivity index (χ3n) is 3.99. The molecule has 0 aliphatic heterocycles. The van der Waals surface area contributed by atoms with E-state index >= 15 is 0 Å². The zero-order valence-electron chi connectivity index (χ0n) is 19.8. The quantitative estimate of drug-likeness (QED) is 0.110. The number of benzene rings is 2. The highest BCUT2D eigenvalue weighted by Crippen LogP contribution is 2.09. The van der Waals surface area contributed by atoms with Crippen molar-refractivity contribution in [3.05, 3.63) is 59.7 Å². The highest BCUT2D eigenvalue weighted by molar-refractivity contribution is 7.86. The Hall–Kier alpha value is -2.02. The first kappa shape index (κ1) is 34.0. The van der Waals surface area contributed by atoms with Crippen LogP contribution in [0.4, 0.5) is 0 Å². The monoisotopic (exact) mass is 556 g/mol. The first-order valence-electron chi connectivity index (χ1n) is 10.3. The summed E-state index contributed by atoms with van der Waals surface area (Å²) >= 11 is 0. The van der Waals surface area contributed by atoms with Crippen molar-refractivity contribution in [2.45, 2.75) is 29.7 Å². The molecule has 0 heterocycles. The van der Waals surface area contributed by atoms with E-state index in [2.05, 4.69) is 9.78 Å². The maximum atomic E-state index is 10.5. The van der Waals surface area contributed by atoms with Crippen molar-refractivity contribution in [2.75, 3.05) is 39.6 Å². The van der Waals surface area contributed by atoms with Crippen LogP contribution in [0, 0.1) is 13.8 Å². The van der Waals surface area contributed by atoms with Gasteiger partial charge in [-0.25, -0.2) is 9.78 Å². The molecule has 0 aliphatic rings. The molecule has 0 radical (unpaired) electrons. The van der Waals surface area contributed by atoms with E-state index in [1.807, 2.05) is 13.8 Å². The van der Waals surface area contributed by atoms with Crippen LogP contribution in [0.15, 0.2) is 58.3 Å². The Bertz CT molecular complexity index is 965.